The van der Waals surface area contributed by atoms with Crippen molar-refractivity contribution in [1.29, 1.82) is 0 Å². The predicted octanol–water partition coefficient (Wildman–Crippen LogP) is 4.52. The molecule has 24 heavy (non-hydrogen) atoms. The summed E-state index contributed by atoms with van der Waals surface area (Å²) in [5.41, 5.74) is 2.89. The summed E-state index contributed by atoms with van der Waals surface area (Å²) in [7, 11) is 0. The van der Waals surface area contributed by atoms with Crippen LogP contribution in [-0.2, 0) is 0 Å². The van der Waals surface area contributed by atoms with Gasteiger partial charge in [-0.05, 0) is 37.3 Å². The van der Waals surface area contributed by atoms with Crippen molar-refractivity contribution in [2.45, 2.75) is 6.92 Å². The highest BCUT2D eigenvalue weighted by atomic mass is 32.1. The Morgan fingerprint density at radius 3 is 2.75 bits per heavy atom. The Labute approximate surface area is 141 Å². The maximum absolute atomic E-state index is 10.9. The molecule has 0 fully saturated rings. The van der Waals surface area contributed by atoms with Gasteiger partial charge >= 0.3 is 0 Å². The monoisotopic (exact) mass is 339 g/mol. The minimum Gasteiger partial charge on any atom is -0.494 e. The maximum Gasteiger partial charge on any atom is 0.270 e. The Morgan fingerprint density at radius 2 is 2.04 bits per heavy atom. The maximum atomic E-state index is 10.9. The molecule has 0 aliphatic carbocycles. The molecule has 7 heteroatoms. The van der Waals surface area contributed by atoms with E-state index in [9.17, 15) is 10.1 Å². The molecule has 0 saturated carbocycles. The van der Waals surface area contributed by atoms with Crippen LogP contribution in [-0.4, -0.2) is 20.9 Å². The normalized spacial score (nSPS) is 11.2. The van der Waals surface area contributed by atoms with E-state index < -0.39 is 0 Å². The van der Waals surface area contributed by atoms with Crippen LogP contribution in [0.1, 0.15) is 6.92 Å². The number of hydrogen-bond donors (Lipinski definition) is 0. The molecular weight excluding hydrogens is 326 g/mol. The second-order valence-electron chi connectivity index (χ2n) is 5.25. The zero-order valence-electron chi connectivity index (χ0n) is 12.8. The van der Waals surface area contributed by atoms with Crippen LogP contribution in [0.4, 0.5) is 5.69 Å². The largest absolute Gasteiger partial charge is 0.494 e. The topological polar surface area (TPSA) is 69.7 Å². The summed E-state index contributed by atoms with van der Waals surface area (Å²) < 4.78 is 8.27. The summed E-state index contributed by atoms with van der Waals surface area (Å²) in [6.07, 6.45) is 1.95. The summed E-state index contributed by atoms with van der Waals surface area (Å²) >= 11 is 1.44. The molecule has 0 radical (unpaired) electrons. The van der Waals surface area contributed by atoms with E-state index in [0.29, 0.717) is 6.61 Å². The van der Waals surface area contributed by atoms with E-state index in [4.69, 9.17) is 4.74 Å². The number of imidazole rings is 1. The molecule has 0 aliphatic heterocycles. The second kappa shape index (κ2) is 5.61. The van der Waals surface area contributed by atoms with Crippen molar-refractivity contribution in [3.8, 4) is 17.0 Å². The van der Waals surface area contributed by atoms with Crippen LogP contribution in [0.5, 0.6) is 5.75 Å². The summed E-state index contributed by atoms with van der Waals surface area (Å²) in [4.78, 5) is 16.0. The summed E-state index contributed by atoms with van der Waals surface area (Å²) in [5.74, 6) is 0.833. The van der Waals surface area contributed by atoms with Crippen molar-refractivity contribution in [1.82, 2.24) is 9.38 Å². The third-order valence-electron chi connectivity index (χ3n) is 3.75. The molecule has 0 spiro atoms. The van der Waals surface area contributed by atoms with Gasteiger partial charge in [0.1, 0.15) is 5.75 Å². The van der Waals surface area contributed by atoms with Gasteiger partial charge in [0.05, 0.1) is 27.4 Å². The summed E-state index contributed by atoms with van der Waals surface area (Å²) in [5, 5.41) is 10.9. The van der Waals surface area contributed by atoms with Gasteiger partial charge in [0, 0.05) is 23.9 Å². The fraction of sp³-hybridized carbons (Fsp3) is 0.118. The molecule has 0 amide bonds. The lowest BCUT2D eigenvalue weighted by Crippen LogP contribution is -1.90. The number of rotatable bonds is 4. The van der Waals surface area contributed by atoms with Crippen LogP contribution in [0, 0.1) is 10.1 Å². The first kappa shape index (κ1) is 14.6. The average Bonchev–Trinajstić information content (AvgIpc) is 3.13. The van der Waals surface area contributed by atoms with Gasteiger partial charge in [0.15, 0.2) is 4.96 Å². The number of hydrogen-bond acceptors (Lipinski definition) is 5. The zero-order valence-corrected chi connectivity index (χ0v) is 13.6. The van der Waals surface area contributed by atoms with Gasteiger partial charge in [-0.1, -0.05) is 11.3 Å². The first-order valence-electron chi connectivity index (χ1n) is 7.45. The molecule has 2 heterocycles. The van der Waals surface area contributed by atoms with Crippen molar-refractivity contribution in [3.63, 3.8) is 0 Å². The number of nitro groups is 1. The lowest BCUT2D eigenvalue weighted by molar-refractivity contribution is -0.384. The van der Waals surface area contributed by atoms with Crippen LogP contribution >= 0.6 is 11.3 Å². The van der Waals surface area contributed by atoms with Gasteiger partial charge in [-0.2, -0.15) is 0 Å². The highest BCUT2D eigenvalue weighted by Crippen LogP contribution is 2.32. The molecule has 120 valence electrons. The van der Waals surface area contributed by atoms with E-state index >= 15 is 0 Å². The summed E-state index contributed by atoms with van der Waals surface area (Å²) in [6, 6.07) is 12.7. The fourth-order valence-corrected chi connectivity index (χ4v) is 3.67. The average molecular weight is 339 g/mol. The Balaban J connectivity index is 1.77. The number of ether oxygens (including phenoxy) is 1. The van der Waals surface area contributed by atoms with Crippen LogP contribution in [0.25, 0.3) is 26.4 Å². The SMILES string of the molecule is CCOc1ccc(-c2cn3c(n2)sc2cc([N+](=O)[O-])ccc23)cc1. The molecule has 4 rings (SSSR count). The first-order chi connectivity index (χ1) is 11.7. The molecule has 0 aliphatic rings. The van der Waals surface area contributed by atoms with E-state index in [1.807, 2.05) is 41.8 Å². The Morgan fingerprint density at radius 1 is 1.25 bits per heavy atom. The Kier molecular flexibility index (Phi) is 3.42. The van der Waals surface area contributed by atoms with E-state index in [2.05, 4.69) is 4.98 Å². The van der Waals surface area contributed by atoms with Gasteiger partial charge in [0.25, 0.3) is 5.69 Å². The Bertz CT molecular complexity index is 1050. The predicted molar refractivity (Wildman–Crippen MR) is 93.8 cm³/mol. The minimum absolute atomic E-state index is 0.0961. The van der Waals surface area contributed by atoms with Crippen LogP contribution in [0.15, 0.2) is 48.7 Å². The first-order valence-corrected chi connectivity index (χ1v) is 8.26. The number of benzene rings is 2. The molecule has 0 unspecified atom stereocenters. The number of fused-ring (bicyclic) bond motifs is 3. The van der Waals surface area contributed by atoms with Gasteiger partial charge in [-0.3, -0.25) is 14.5 Å². The van der Waals surface area contributed by atoms with E-state index in [1.54, 1.807) is 12.1 Å². The Hall–Kier alpha value is -2.93. The lowest BCUT2D eigenvalue weighted by atomic mass is 10.2. The molecule has 0 bridgehead atoms. The number of non-ortho nitro benzene ring substituents is 1. The van der Waals surface area contributed by atoms with Crippen LogP contribution in [0.2, 0.25) is 0 Å². The fourth-order valence-electron chi connectivity index (χ4n) is 2.63. The molecule has 0 N–H and O–H groups in total. The third-order valence-corrected chi connectivity index (χ3v) is 4.77. The molecule has 0 saturated heterocycles. The summed E-state index contributed by atoms with van der Waals surface area (Å²) in [6.45, 7) is 2.59. The minimum atomic E-state index is -0.382. The van der Waals surface area contributed by atoms with Crippen LogP contribution < -0.4 is 4.74 Å². The van der Waals surface area contributed by atoms with Crippen molar-refractivity contribution >= 4 is 32.2 Å². The highest BCUT2D eigenvalue weighted by Gasteiger charge is 2.13. The number of thiazole rings is 1. The third kappa shape index (κ3) is 2.39. The van der Waals surface area contributed by atoms with E-state index in [-0.39, 0.29) is 10.6 Å². The number of aromatic nitrogens is 2. The van der Waals surface area contributed by atoms with Gasteiger partial charge in [0.2, 0.25) is 0 Å². The zero-order chi connectivity index (χ0) is 16.7. The number of nitrogens with zero attached hydrogens (tertiary/aromatic N) is 3. The second-order valence-corrected chi connectivity index (χ2v) is 6.26. The number of nitro benzene ring substituents is 1. The van der Waals surface area contributed by atoms with Crippen LogP contribution in [0.3, 0.4) is 0 Å². The highest BCUT2D eigenvalue weighted by molar-refractivity contribution is 7.23. The standard InChI is InChI=1S/C17H13N3O3S/c1-2-23-13-6-3-11(4-7-13)14-10-19-15-8-5-12(20(21)22)9-16(15)24-17(19)18-14/h3-10H,2H2,1H3. The van der Waals surface area contributed by atoms with Crippen molar-refractivity contribution in [3.05, 3.63) is 58.8 Å². The van der Waals surface area contributed by atoms with Gasteiger partial charge < -0.3 is 4.74 Å². The van der Waals surface area contributed by atoms with Gasteiger partial charge in [-0.15, -0.1) is 0 Å². The molecule has 0 atom stereocenters. The molecule has 6 nitrogen and oxygen atoms in total. The van der Waals surface area contributed by atoms with Crippen molar-refractivity contribution < 1.29 is 9.66 Å². The molecular formula is C17H13N3O3S. The quantitative estimate of drug-likeness (QED) is 0.405. The molecule has 4 aromatic rings. The van der Waals surface area contributed by atoms with E-state index in [0.717, 1.165) is 32.2 Å². The van der Waals surface area contributed by atoms with Crippen molar-refractivity contribution in [2.75, 3.05) is 6.61 Å². The van der Waals surface area contributed by atoms with E-state index in [1.165, 1.54) is 17.4 Å². The molecule has 2 aromatic carbocycles. The van der Waals surface area contributed by atoms with Crippen molar-refractivity contribution in [2.24, 2.45) is 0 Å². The van der Waals surface area contributed by atoms with Gasteiger partial charge in [-0.25, -0.2) is 4.98 Å². The molecule has 2 aromatic heterocycles. The smallest absolute Gasteiger partial charge is 0.270 e. The lowest BCUT2D eigenvalue weighted by Gasteiger charge is -2.03.